The molecule has 0 bridgehead atoms. The first-order valence-electron chi connectivity index (χ1n) is 14.3. The van der Waals surface area contributed by atoms with Crippen LogP contribution in [0, 0.1) is 28.6 Å². The molecule has 7 nitrogen and oxygen atoms in total. The van der Waals surface area contributed by atoms with Gasteiger partial charge < -0.3 is 21.9 Å². The van der Waals surface area contributed by atoms with Gasteiger partial charge >= 0.3 is 0 Å². The highest BCUT2D eigenvalue weighted by molar-refractivity contribution is 5.50. The number of imidazole rings is 1. The predicted octanol–water partition coefficient (Wildman–Crippen LogP) is 4.26. The third-order valence-electron chi connectivity index (χ3n) is 11.9. The van der Waals surface area contributed by atoms with Crippen LogP contribution in [-0.2, 0) is 9.53 Å². The molecule has 1 aromatic rings. The first kappa shape index (κ1) is 27.7. The Morgan fingerprint density at radius 1 is 1.06 bits per heavy atom. The van der Waals surface area contributed by atoms with Crippen LogP contribution in [0.1, 0.15) is 97.8 Å². The van der Waals surface area contributed by atoms with E-state index in [1.807, 2.05) is 7.11 Å². The van der Waals surface area contributed by atoms with E-state index >= 15 is 0 Å². The molecule has 4 saturated carbocycles. The first-order valence-corrected chi connectivity index (χ1v) is 14.3. The maximum atomic E-state index is 9.79. The summed E-state index contributed by atoms with van der Waals surface area (Å²) in [4.78, 5) is 13.4. The molecule has 0 aromatic carbocycles. The van der Waals surface area contributed by atoms with Crippen molar-refractivity contribution in [3.05, 3.63) is 18.7 Å². The molecule has 204 valence electrons. The van der Waals surface area contributed by atoms with Gasteiger partial charge in [-0.15, -0.1) is 0 Å². The van der Waals surface area contributed by atoms with Gasteiger partial charge in [-0.05, 0) is 81.0 Å². The maximum Gasteiger partial charge on any atom is 0.218 e. The van der Waals surface area contributed by atoms with E-state index in [0.717, 1.165) is 51.0 Å². The summed E-state index contributed by atoms with van der Waals surface area (Å²) in [5, 5.41) is 0. The normalized spacial score (nSPS) is 45.6. The van der Waals surface area contributed by atoms with Crippen LogP contribution in [0.3, 0.4) is 0 Å². The highest BCUT2D eigenvalue weighted by atomic mass is 16.5. The number of rotatable bonds is 6. The molecule has 0 saturated heterocycles. The van der Waals surface area contributed by atoms with Crippen LogP contribution in [0.5, 0.6) is 0 Å². The molecule has 36 heavy (non-hydrogen) atoms. The molecule has 4 fully saturated rings. The van der Waals surface area contributed by atoms with Crippen LogP contribution in [-0.4, -0.2) is 46.3 Å². The number of nitrogens with two attached hydrogens (primary N) is 3. The number of hydrogen-bond donors (Lipinski definition) is 3. The molecular formula is C29H51N5O2. The standard InChI is InChI=1S/C25H47N3O.C4H4N2O/c1-5-18-17-24(27)20-11-10-19(9-8-16-29-4)21(20,2)14-15-25(24,28)22(3)12-6-7-13-23(18,22)26;7-4-6-2-1-5-3-6/h18-20H,5-17,26-28H2,1-4H3;1-4H/t18-,19?,20?,21?,22?,23?,24?,25-;/m0./s1. The highest BCUT2D eigenvalue weighted by Gasteiger charge is 2.75. The van der Waals surface area contributed by atoms with E-state index in [-0.39, 0.29) is 22.0 Å². The number of nitrogens with zero attached hydrogens (tertiary/aromatic N) is 2. The second-order valence-electron chi connectivity index (χ2n) is 13.0. The zero-order valence-electron chi connectivity index (χ0n) is 23.2. The number of ether oxygens (including phenoxy) is 1. The smallest absolute Gasteiger partial charge is 0.218 e. The molecule has 0 aliphatic heterocycles. The second kappa shape index (κ2) is 10.1. The van der Waals surface area contributed by atoms with Crippen molar-refractivity contribution in [2.75, 3.05) is 13.7 Å². The van der Waals surface area contributed by atoms with Crippen molar-refractivity contribution in [2.45, 2.75) is 114 Å². The van der Waals surface area contributed by atoms with E-state index in [4.69, 9.17) is 21.9 Å². The summed E-state index contributed by atoms with van der Waals surface area (Å²) in [6.45, 7) is 8.18. The molecule has 4 aliphatic carbocycles. The highest BCUT2D eigenvalue weighted by Crippen LogP contribution is 2.71. The zero-order valence-corrected chi connectivity index (χ0v) is 23.2. The Morgan fingerprint density at radius 2 is 1.81 bits per heavy atom. The van der Waals surface area contributed by atoms with Crippen LogP contribution in [0.15, 0.2) is 18.7 Å². The summed E-state index contributed by atoms with van der Waals surface area (Å²) in [5.41, 5.74) is 22.0. The summed E-state index contributed by atoms with van der Waals surface area (Å²) >= 11 is 0. The lowest BCUT2D eigenvalue weighted by molar-refractivity contribution is -0.176. The molecule has 0 spiro atoms. The Kier molecular flexibility index (Phi) is 7.80. The first-order chi connectivity index (χ1) is 17.1. The van der Waals surface area contributed by atoms with Gasteiger partial charge in [-0.25, -0.2) is 4.98 Å². The topological polar surface area (TPSA) is 122 Å². The van der Waals surface area contributed by atoms with Gasteiger partial charge in [-0.1, -0.05) is 40.0 Å². The summed E-state index contributed by atoms with van der Waals surface area (Å²) in [7, 11) is 1.81. The van der Waals surface area contributed by atoms with E-state index in [1.165, 1.54) is 49.4 Å². The molecule has 6 unspecified atom stereocenters. The van der Waals surface area contributed by atoms with E-state index in [9.17, 15) is 4.79 Å². The van der Waals surface area contributed by atoms with Gasteiger partial charge in [0, 0.05) is 48.1 Å². The van der Waals surface area contributed by atoms with Crippen LogP contribution >= 0.6 is 0 Å². The molecule has 6 N–H and O–H groups in total. The average molecular weight is 502 g/mol. The number of aromatic nitrogens is 2. The fourth-order valence-corrected chi connectivity index (χ4v) is 9.74. The third-order valence-corrected chi connectivity index (χ3v) is 11.9. The van der Waals surface area contributed by atoms with Crippen LogP contribution < -0.4 is 17.2 Å². The van der Waals surface area contributed by atoms with Crippen LogP contribution in [0.25, 0.3) is 0 Å². The second-order valence-corrected chi connectivity index (χ2v) is 13.0. The number of hydrogen-bond acceptors (Lipinski definition) is 6. The van der Waals surface area contributed by atoms with E-state index in [2.05, 4.69) is 25.8 Å². The van der Waals surface area contributed by atoms with Gasteiger partial charge in [0.05, 0.1) is 0 Å². The Labute approximate surface area is 218 Å². The van der Waals surface area contributed by atoms with Crippen LogP contribution in [0.2, 0.25) is 0 Å². The van der Waals surface area contributed by atoms with Gasteiger partial charge in [0.2, 0.25) is 6.41 Å². The van der Waals surface area contributed by atoms with Crippen molar-refractivity contribution in [3.8, 4) is 0 Å². The number of methoxy groups -OCH3 is 1. The summed E-state index contributed by atoms with van der Waals surface area (Å²) in [6, 6.07) is 0. The number of fused-ring (bicyclic) bond motifs is 5. The summed E-state index contributed by atoms with van der Waals surface area (Å²) in [6.07, 6.45) is 19.4. The number of carbonyl (C=O) groups is 1. The Hall–Kier alpha value is -1.28. The minimum absolute atomic E-state index is 0.0542. The summed E-state index contributed by atoms with van der Waals surface area (Å²) in [5.74, 6) is 1.78. The lowest BCUT2D eigenvalue weighted by atomic mass is 9.35. The van der Waals surface area contributed by atoms with E-state index < -0.39 is 0 Å². The van der Waals surface area contributed by atoms with Crippen molar-refractivity contribution in [3.63, 3.8) is 0 Å². The van der Waals surface area contributed by atoms with Gasteiger partial charge in [0.25, 0.3) is 0 Å². The molecule has 0 radical (unpaired) electrons. The maximum absolute atomic E-state index is 9.79. The van der Waals surface area contributed by atoms with Gasteiger partial charge in [-0.3, -0.25) is 9.36 Å². The zero-order chi connectivity index (χ0) is 26.2. The minimum Gasteiger partial charge on any atom is -0.385 e. The van der Waals surface area contributed by atoms with Gasteiger partial charge in [0.15, 0.2) is 0 Å². The molecular weight excluding hydrogens is 450 g/mol. The molecule has 5 rings (SSSR count). The quantitative estimate of drug-likeness (QED) is 0.395. The number of carbonyl (C=O) groups excluding carboxylic acids is 1. The summed E-state index contributed by atoms with van der Waals surface area (Å²) < 4.78 is 6.68. The largest absolute Gasteiger partial charge is 0.385 e. The SMILES string of the molecule is CC[C@H]1CC2(N)C3CCC(CCCOC)C3(C)CC[C@]2(N)C2(C)CCCCC12N.O=Cn1ccnc1. The van der Waals surface area contributed by atoms with E-state index in [1.54, 1.807) is 12.4 Å². The molecule has 7 heteroatoms. The van der Waals surface area contributed by atoms with Gasteiger partial charge in [0.1, 0.15) is 6.33 Å². The molecule has 0 amide bonds. The van der Waals surface area contributed by atoms with Crippen molar-refractivity contribution in [1.29, 1.82) is 0 Å². The van der Waals surface area contributed by atoms with Crippen molar-refractivity contribution in [1.82, 2.24) is 9.55 Å². The Balaban J connectivity index is 0.000000375. The van der Waals surface area contributed by atoms with Crippen LogP contribution in [0.4, 0.5) is 0 Å². The lowest BCUT2D eigenvalue weighted by Crippen LogP contribution is -2.88. The molecule has 4 aliphatic rings. The van der Waals surface area contributed by atoms with Crippen molar-refractivity contribution in [2.24, 2.45) is 45.8 Å². The monoisotopic (exact) mass is 501 g/mol. The predicted molar refractivity (Wildman–Crippen MR) is 145 cm³/mol. The Bertz CT molecular complexity index is 894. The fraction of sp³-hybridized carbons (Fsp3) is 0.862. The average Bonchev–Trinajstić information content (AvgIpc) is 3.51. The fourth-order valence-electron chi connectivity index (χ4n) is 9.74. The van der Waals surface area contributed by atoms with E-state index in [0.29, 0.717) is 23.7 Å². The Morgan fingerprint density at radius 3 is 2.42 bits per heavy atom. The lowest BCUT2D eigenvalue weighted by Gasteiger charge is -2.75. The third kappa shape index (κ3) is 3.91. The van der Waals surface area contributed by atoms with Crippen molar-refractivity contribution >= 4 is 6.41 Å². The van der Waals surface area contributed by atoms with Gasteiger partial charge in [-0.2, -0.15) is 0 Å². The molecule has 1 aromatic heterocycles. The molecule has 8 atom stereocenters. The molecule has 1 heterocycles. The van der Waals surface area contributed by atoms with Crippen molar-refractivity contribution < 1.29 is 9.53 Å². The minimum atomic E-state index is -0.341.